The van der Waals surface area contributed by atoms with Gasteiger partial charge >= 0.3 is 26.2 Å². The zero-order valence-corrected chi connectivity index (χ0v) is 36.5. The van der Waals surface area contributed by atoms with Gasteiger partial charge in [0.25, 0.3) is 0 Å². The summed E-state index contributed by atoms with van der Waals surface area (Å²) >= 11 is 0. The Morgan fingerprint density at radius 1 is 0.434 bits per heavy atom. The number of hydrogen-bond acceptors (Lipinski definition) is 10. The molecule has 11 heteroatoms. The molecule has 0 heterocycles. The summed E-state index contributed by atoms with van der Waals surface area (Å²) in [6.07, 6.45) is 10.4. The van der Waals surface area contributed by atoms with Crippen molar-refractivity contribution in [2.45, 2.75) is 156 Å². The van der Waals surface area contributed by atoms with Gasteiger partial charge in [0.2, 0.25) is 0 Å². The van der Waals surface area contributed by atoms with Gasteiger partial charge in [-0.05, 0) is 87.8 Å². The van der Waals surface area contributed by atoms with Crippen molar-refractivity contribution >= 4 is 0 Å². The number of ether oxygens (including phenoxy) is 6. The number of benzene rings is 2. The Hall–Kier alpha value is -1.40. The Balaban J connectivity index is 0.00000100. The zero-order chi connectivity index (χ0) is 38.5. The minimum absolute atomic E-state index is 0. The van der Waals surface area contributed by atoms with Gasteiger partial charge in [-0.3, -0.25) is 0 Å². The second-order valence-electron chi connectivity index (χ2n) is 13.4. The van der Waals surface area contributed by atoms with Crippen LogP contribution in [-0.2, 0) is 66.1 Å². The third-order valence-corrected chi connectivity index (χ3v) is 8.70. The second kappa shape index (κ2) is 31.8. The Bertz CT molecular complexity index is 999. The van der Waals surface area contributed by atoms with Crippen LogP contribution in [0.4, 0.5) is 0 Å². The van der Waals surface area contributed by atoms with Crippen molar-refractivity contribution < 1.29 is 74.9 Å². The molecule has 2 unspecified atom stereocenters. The normalized spacial score (nSPS) is 13.5. The monoisotopic (exact) mass is 824 g/mol. The van der Waals surface area contributed by atoms with Crippen molar-refractivity contribution in [3.8, 4) is 11.5 Å². The topological polar surface area (TPSA) is 120 Å². The number of rotatable bonds is 30. The van der Waals surface area contributed by atoms with Gasteiger partial charge in [-0.2, -0.15) is 0 Å². The largest absolute Gasteiger partial charge is 2.00 e. The maximum atomic E-state index is 11.7. The van der Waals surface area contributed by atoms with E-state index in [0.29, 0.717) is 50.8 Å². The molecule has 0 N–H and O–H groups in total. The van der Waals surface area contributed by atoms with Crippen LogP contribution in [0.2, 0.25) is 0 Å². The molecule has 2 aromatic carbocycles. The van der Waals surface area contributed by atoms with Gasteiger partial charge in [0.05, 0.1) is 13.2 Å². The summed E-state index contributed by atoms with van der Waals surface area (Å²) in [5, 5.41) is 23.3. The van der Waals surface area contributed by atoms with Crippen LogP contribution in [0.25, 0.3) is 0 Å². The van der Waals surface area contributed by atoms with Crippen molar-refractivity contribution in [3.05, 3.63) is 59.7 Å². The molecule has 0 radical (unpaired) electrons. The first kappa shape index (κ1) is 51.6. The van der Waals surface area contributed by atoms with Gasteiger partial charge in [0.15, 0.2) is 12.6 Å². The van der Waals surface area contributed by atoms with Gasteiger partial charge in [-0.15, -0.1) is 0 Å². The molecule has 302 valence electrons. The predicted molar refractivity (Wildman–Crippen MR) is 202 cm³/mol. The fourth-order valence-corrected chi connectivity index (χ4v) is 4.95. The van der Waals surface area contributed by atoms with Crippen LogP contribution < -0.4 is 20.0 Å². The molecule has 0 aliphatic rings. The fourth-order valence-electron chi connectivity index (χ4n) is 4.95. The SMILES string of the molecule is CCCCOc1ccc(C(C)(O[O-])C(OCCCC)OCCCC)cc1.CCCCOc1ccc(C(C)(O[O-])C(OCCCC)OCCCC)cc1.[Zr+2]. The average molecular weight is 826 g/mol. The van der Waals surface area contributed by atoms with E-state index in [4.69, 9.17) is 28.4 Å². The van der Waals surface area contributed by atoms with E-state index in [-0.39, 0.29) is 26.2 Å². The Kier molecular flexibility index (Phi) is 30.9. The molecule has 2 aromatic rings. The quantitative estimate of drug-likeness (QED) is 0.0328. The summed E-state index contributed by atoms with van der Waals surface area (Å²) in [7, 11) is 0. The standard InChI is InChI=1S/2C21H36O5.Zr/c2*1-5-8-15-23-19-13-11-18(12-14-19)21(4,26-22)20(24-16-9-6-2)25-17-10-7-3;/h2*11-14,20,22H,5-10,15-17H2,1-4H3;/q;;+2/p-2. The summed E-state index contributed by atoms with van der Waals surface area (Å²) in [6, 6.07) is 14.8. The molecule has 2 rings (SSSR count). The fraction of sp³-hybridized carbons (Fsp3) is 0.714. The molecule has 0 aliphatic carbocycles. The van der Waals surface area contributed by atoms with Gasteiger partial charge in [0.1, 0.15) is 22.7 Å². The zero-order valence-electron chi connectivity index (χ0n) is 34.1. The Morgan fingerprint density at radius 2 is 0.679 bits per heavy atom. The van der Waals surface area contributed by atoms with Crippen LogP contribution >= 0.6 is 0 Å². The molecule has 0 bridgehead atoms. The van der Waals surface area contributed by atoms with E-state index in [1.54, 1.807) is 13.8 Å². The van der Waals surface area contributed by atoms with Crippen LogP contribution in [0.15, 0.2) is 48.5 Å². The molecular weight excluding hydrogens is 756 g/mol. The van der Waals surface area contributed by atoms with Gasteiger partial charge in [-0.1, -0.05) is 104 Å². The van der Waals surface area contributed by atoms with Crippen LogP contribution in [0.1, 0.15) is 144 Å². The van der Waals surface area contributed by atoms with Crippen LogP contribution in [-0.4, -0.2) is 52.2 Å². The van der Waals surface area contributed by atoms with Crippen molar-refractivity contribution in [1.29, 1.82) is 0 Å². The minimum Gasteiger partial charge on any atom is -0.722 e. The molecule has 10 nitrogen and oxygen atoms in total. The van der Waals surface area contributed by atoms with Crippen LogP contribution in [0.3, 0.4) is 0 Å². The molecule has 0 fully saturated rings. The van der Waals surface area contributed by atoms with E-state index >= 15 is 0 Å². The third kappa shape index (κ3) is 19.3. The van der Waals surface area contributed by atoms with Crippen LogP contribution in [0, 0.1) is 0 Å². The van der Waals surface area contributed by atoms with Crippen molar-refractivity contribution in [2.24, 2.45) is 0 Å². The van der Waals surface area contributed by atoms with Crippen LogP contribution in [0.5, 0.6) is 11.5 Å². The number of hydrogen-bond donors (Lipinski definition) is 0. The molecule has 0 saturated heterocycles. The average Bonchev–Trinajstić information content (AvgIpc) is 3.17. The Morgan fingerprint density at radius 3 is 0.906 bits per heavy atom. The summed E-state index contributed by atoms with van der Waals surface area (Å²) in [4.78, 5) is 9.29. The molecule has 0 saturated carbocycles. The maximum Gasteiger partial charge on any atom is 2.00 e. The van der Waals surface area contributed by atoms with E-state index in [0.717, 1.165) is 88.5 Å². The minimum atomic E-state index is -1.22. The molecule has 0 amide bonds. The van der Waals surface area contributed by atoms with E-state index < -0.39 is 23.8 Å². The summed E-state index contributed by atoms with van der Waals surface area (Å²) in [5.74, 6) is 1.57. The number of unbranched alkanes of at least 4 members (excludes halogenated alkanes) is 6. The molecule has 0 spiro atoms. The summed E-state index contributed by atoms with van der Waals surface area (Å²) < 4.78 is 34.9. The second-order valence-corrected chi connectivity index (χ2v) is 13.4. The third-order valence-electron chi connectivity index (χ3n) is 8.70. The van der Waals surface area contributed by atoms with E-state index in [1.807, 2.05) is 48.5 Å². The maximum absolute atomic E-state index is 11.7. The van der Waals surface area contributed by atoms with Gasteiger partial charge in [-0.25, -0.2) is 0 Å². The Labute approximate surface area is 340 Å². The first-order valence-electron chi connectivity index (χ1n) is 19.8. The smallest absolute Gasteiger partial charge is 0.722 e. The van der Waals surface area contributed by atoms with Crippen molar-refractivity contribution in [3.63, 3.8) is 0 Å². The van der Waals surface area contributed by atoms with Crippen molar-refractivity contribution in [2.75, 3.05) is 39.6 Å². The van der Waals surface area contributed by atoms with E-state index in [1.165, 1.54) is 0 Å². The molecule has 2 atom stereocenters. The molecule has 0 aromatic heterocycles. The molecule has 53 heavy (non-hydrogen) atoms. The summed E-state index contributed by atoms with van der Waals surface area (Å²) in [6.45, 7) is 19.6. The van der Waals surface area contributed by atoms with Crippen molar-refractivity contribution in [1.82, 2.24) is 0 Å². The first-order valence-corrected chi connectivity index (χ1v) is 19.8. The predicted octanol–water partition coefficient (Wildman–Crippen LogP) is 8.66. The van der Waals surface area contributed by atoms with Gasteiger partial charge < -0.3 is 48.7 Å². The molecule has 0 aliphatic heterocycles. The summed E-state index contributed by atoms with van der Waals surface area (Å²) in [5.41, 5.74) is -1.01. The van der Waals surface area contributed by atoms with E-state index in [9.17, 15) is 10.5 Å². The van der Waals surface area contributed by atoms with Gasteiger partial charge in [0, 0.05) is 26.4 Å². The first-order chi connectivity index (χ1) is 25.2. The molecular formula is C42H70O10Zr. The van der Waals surface area contributed by atoms with E-state index in [2.05, 4.69) is 51.3 Å².